The molecule has 5 aromatic carbocycles. The first-order valence-corrected chi connectivity index (χ1v) is 17.5. The molecule has 2 fully saturated rings. The van der Waals surface area contributed by atoms with E-state index in [1.54, 1.807) is 18.2 Å². The van der Waals surface area contributed by atoms with Crippen LogP contribution in [0.3, 0.4) is 0 Å². The number of rotatable bonds is 3. The highest BCUT2D eigenvalue weighted by Gasteiger charge is 2.46. The molecule has 0 radical (unpaired) electrons. The van der Waals surface area contributed by atoms with Crippen LogP contribution in [-0.4, -0.2) is 50.4 Å². The van der Waals surface area contributed by atoms with Crippen LogP contribution in [-0.2, 0) is 5.60 Å². The highest BCUT2D eigenvalue weighted by Crippen LogP contribution is 2.56. The van der Waals surface area contributed by atoms with Gasteiger partial charge in [0.25, 0.3) is 29.3 Å². The van der Waals surface area contributed by atoms with Crippen LogP contribution in [0.4, 0.5) is 5.69 Å². The van der Waals surface area contributed by atoms with E-state index in [2.05, 4.69) is 0 Å². The Labute approximate surface area is 280 Å². The van der Waals surface area contributed by atoms with Gasteiger partial charge in [0.2, 0.25) is 0 Å². The summed E-state index contributed by atoms with van der Waals surface area (Å²) in [5.41, 5.74) is 0.652. The van der Waals surface area contributed by atoms with E-state index in [1.807, 2.05) is 19.9 Å². The van der Waals surface area contributed by atoms with Crippen molar-refractivity contribution in [1.29, 1.82) is 0 Å². The molecular formula is C39H33N3O7. The molecule has 2 saturated carbocycles. The Bertz CT molecular complexity index is 2430. The third kappa shape index (κ3) is 3.51. The quantitative estimate of drug-likeness (QED) is 0.0631. The summed E-state index contributed by atoms with van der Waals surface area (Å²) in [7, 11) is 0. The molecule has 0 unspecified atom stereocenters. The molecule has 0 bridgehead atoms. The van der Waals surface area contributed by atoms with E-state index in [9.17, 15) is 29.3 Å². The summed E-state index contributed by atoms with van der Waals surface area (Å²) in [5.74, 6) is -1.17. The molecule has 49 heavy (non-hydrogen) atoms. The van der Waals surface area contributed by atoms with Crippen molar-refractivity contribution >= 4 is 72.4 Å². The maximum absolute atomic E-state index is 14.4. The number of hydrogen-bond acceptors (Lipinski definition) is 7. The monoisotopic (exact) mass is 655 g/mol. The molecule has 4 amide bonds. The maximum Gasteiger partial charge on any atom is 0.278 e. The minimum Gasteiger partial charge on any atom is -0.482 e. The van der Waals surface area contributed by atoms with Gasteiger partial charge in [0, 0.05) is 67.2 Å². The van der Waals surface area contributed by atoms with Crippen LogP contribution < -0.4 is 4.74 Å². The first-order chi connectivity index (χ1) is 23.6. The Morgan fingerprint density at radius 2 is 1.16 bits per heavy atom. The van der Waals surface area contributed by atoms with Crippen molar-refractivity contribution in [3.8, 4) is 5.75 Å². The minimum atomic E-state index is -1.00. The third-order valence-electron chi connectivity index (χ3n) is 12.0. The van der Waals surface area contributed by atoms with Gasteiger partial charge in [-0.25, -0.2) is 0 Å². The summed E-state index contributed by atoms with van der Waals surface area (Å²) >= 11 is 0. The number of nitro benzene ring substituents is 1. The molecule has 3 heterocycles. The minimum absolute atomic E-state index is 0.154. The number of fused-ring (bicyclic) bond motifs is 1. The molecule has 0 spiro atoms. The molecule has 10 heteroatoms. The molecule has 0 N–H and O–H groups in total. The largest absolute Gasteiger partial charge is 0.482 e. The number of benzene rings is 5. The lowest BCUT2D eigenvalue weighted by Crippen LogP contribution is -2.48. The summed E-state index contributed by atoms with van der Waals surface area (Å²) in [4.78, 5) is 72.5. The SMILES string of the molecule is CC1(C)Oc2cc3c4c(ccc5c6c([N+](=O)[O-])cc7c8c(cc1c(c2c45)c86)C(=O)N(C1CCCCC1)C7=O)C(=O)N(C1CCCCC1)C3=O. The molecule has 246 valence electrons. The first-order valence-electron chi connectivity index (χ1n) is 17.5. The normalized spacial score (nSPS) is 20.9. The van der Waals surface area contributed by atoms with Gasteiger partial charge in [-0.15, -0.1) is 0 Å². The Morgan fingerprint density at radius 1 is 0.633 bits per heavy atom. The Hall–Kier alpha value is -5.12. The van der Waals surface area contributed by atoms with Crippen LogP contribution in [0.2, 0.25) is 0 Å². The number of nitro groups is 1. The van der Waals surface area contributed by atoms with Gasteiger partial charge in [0.1, 0.15) is 11.4 Å². The number of hydrogen-bond donors (Lipinski definition) is 0. The molecule has 5 aromatic rings. The molecule has 3 aliphatic heterocycles. The summed E-state index contributed by atoms with van der Waals surface area (Å²) in [6.45, 7) is 3.77. The highest BCUT2D eigenvalue weighted by molar-refractivity contribution is 6.44. The van der Waals surface area contributed by atoms with Gasteiger partial charge in [-0.05, 0) is 63.1 Å². The molecule has 0 saturated heterocycles. The van der Waals surface area contributed by atoms with Crippen LogP contribution in [0.15, 0.2) is 30.3 Å². The van der Waals surface area contributed by atoms with Crippen molar-refractivity contribution in [2.45, 2.75) is 95.7 Å². The van der Waals surface area contributed by atoms with E-state index in [-0.39, 0.29) is 41.1 Å². The zero-order valence-corrected chi connectivity index (χ0v) is 27.3. The zero-order valence-electron chi connectivity index (χ0n) is 27.3. The van der Waals surface area contributed by atoms with E-state index < -0.39 is 16.4 Å². The van der Waals surface area contributed by atoms with Crippen molar-refractivity contribution in [2.75, 3.05) is 0 Å². The van der Waals surface area contributed by atoms with E-state index in [0.29, 0.717) is 83.9 Å². The van der Waals surface area contributed by atoms with Crippen LogP contribution in [0.5, 0.6) is 5.75 Å². The predicted octanol–water partition coefficient (Wildman–Crippen LogP) is 8.13. The first kappa shape index (κ1) is 28.9. The van der Waals surface area contributed by atoms with Crippen LogP contribution >= 0.6 is 0 Å². The number of non-ortho nitro benzene ring substituents is 1. The topological polar surface area (TPSA) is 127 Å². The fourth-order valence-corrected chi connectivity index (χ4v) is 9.91. The molecular weight excluding hydrogens is 622 g/mol. The van der Waals surface area contributed by atoms with Crippen molar-refractivity contribution in [3.63, 3.8) is 0 Å². The standard InChI is InChI=1S/C39H33N3O7/c1-39(2)25-15-22-29-23(37(45)41(36(22)44)19-11-7-4-8-12-19)16-26(42(47)48)30-20-13-14-21-28-24(17-27(49-39)33(31(20)28)32(25)34(29)30)38(46)40(35(21)43)18-9-5-3-6-10-18/h13-19H,3-12H2,1-2H3. The number of ether oxygens (including phenoxy) is 1. The number of imide groups is 2. The smallest absolute Gasteiger partial charge is 0.278 e. The summed E-state index contributed by atoms with van der Waals surface area (Å²) in [6, 6.07) is 7.83. The summed E-state index contributed by atoms with van der Waals surface area (Å²) in [5, 5.41) is 17.0. The lowest BCUT2D eigenvalue weighted by molar-refractivity contribution is -0.383. The fraction of sp³-hybridized carbons (Fsp3) is 0.385. The lowest BCUT2D eigenvalue weighted by atomic mass is 9.76. The van der Waals surface area contributed by atoms with Gasteiger partial charge in [-0.2, -0.15) is 0 Å². The second-order valence-corrected chi connectivity index (χ2v) is 15.0. The van der Waals surface area contributed by atoms with Crippen LogP contribution in [0.1, 0.15) is 125 Å². The average Bonchev–Trinajstić information content (AvgIpc) is 3.09. The van der Waals surface area contributed by atoms with Crippen molar-refractivity contribution in [3.05, 3.63) is 68.3 Å². The van der Waals surface area contributed by atoms with E-state index in [1.165, 1.54) is 15.9 Å². The van der Waals surface area contributed by atoms with Crippen molar-refractivity contribution in [1.82, 2.24) is 9.80 Å². The lowest BCUT2D eigenvalue weighted by Gasteiger charge is -2.40. The van der Waals surface area contributed by atoms with Gasteiger partial charge < -0.3 is 4.74 Å². The number of carbonyl (C=O) groups excluding carboxylic acids is 4. The molecule has 10 rings (SSSR count). The van der Waals surface area contributed by atoms with Gasteiger partial charge in [0.05, 0.1) is 21.4 Å². The summed E-state index contributed by atoms with van der Waals surface area (Å²) < 4.78 is 6.73. The van der Waals surface area contributed by atoms with Crippen LogP contribution in [0.25, 0.3) is 43.1 Å². The van der Waals surface area contributed by atoms with Crippen molar-refractivity contribution in [2.24, 2.45) is 0 Å². The van der Waals surface area contributed by atoms with E-state index >= 15 is 0 Å². The molecule has 0 atom stereocenters. The third-order valence-corrected chi connectivity index (χ3v) is 12.0. The maximum atomic E-state index is 14.4. The van der Waals surface area contributed by atoms with Gasteiger partial charge in [-0.1, -0.05) is 44.6 Å². The van der Waals surface area contributed by atoms with E-state index in [0.717, 1.165) is 51.4 Å². The Morgan fingerprint density at radius 3 is 1.76 bits per heavy atom. The zero-order chi connectivity index (χ0) is 33.7. The molecule has 0 aromatic heterocycles. The number of carbonyl (C=O) groups is 4. The summed E-state index contributed by atoms with van der Waals surface area (Å²) in [6.07, 6.45) is 8.75. The molecule has 2 aliphatic carbocycles. The Kier molecular flexibility index (Phi) is 5.61. The van der Waals surface area contributed by atoms with Crippen LogP contribution in [0, 0.1) is 10.1 Å². The second kappa shape index (κ2) is 9.52. The number of nitrogens with zero attached hydrogens (tertiary/aromatic N) is 3. The van der Waals surface area contributed by atoms with Gasteiger partial charge in [0.15, 0.2) is 0 Å². The molecule has 10 nitrogen and oxygen atoms in total. The van der Waals surface area contributed by atoms with E-state index in [4.69, 9.17) is 4.74 Å². The number of amides is 4. The Balaban J connectivity index is 1.36. The van der Waals surface area contributed by atoms with Gasteiger partial charge in [-0.3, -0.25) is 39.1 Å². The fourth-order valence-electron chi connectivity index (χ4n) is 9.91. The average molecular weight is 656 g/mol. The highest BCUT2D eigenvalue weighted by atomic mass is 16.6. The predicted molar refractivity (Wildman–Crippen MR) is 183 cm³/mol. The van der Waals surface area contributed by atoms with Gasteiger partial charge >= 0.3 is 0 Å². The van der Waals surface area contributed by atoms with Crippen molar-refractivity contribution < 1.29 is 28.8 Å². The second-order valence-electron chi connectivity index (χ2n) is 15.0. The molecule has 5 aliphatic rings.